The minimum absolute atomic E-state index is 0.319. The van der Waals surface area contributed by atoms with Gasteiger partial charge < -0.3 is 5.32 Å². The van der Waals surface area contributed by atoms with Gasteiger partial charge in [-0.25, -0.2) is 0 Å². The second-order valence-corrected chi connectivity index (χ2v) is 6.45. The first-order valence-electron chi connectivity index (χ1n) is 5.73. The molecule has 4 nitrogen and oxygen atoms in total. The summed E-state index contributed by atoms with van der Waals surface area (Å²) < 4.78 is 9.00. The molecule has 0 saturated carbocycles. The van der Waals surface area contributed by atoms with Gasteiger partial charge in [-0.2, -0.15) is 8.75 Å². The largest absolute Gasteiger partial charge is 0.319 e. The molecule has 0 bridgehead atoms. The summed E-state index contributed by atoms with van der Waals surface area (Å²) in [5.74, 6) is -0.319. The van der Waals surface area contributed by atoms with Gasteiger partial charge in [-0.15, -0.1) is 0 Å². The Bertz CT molecular complexity index is 832. The van der Waals surface area contributed by atoms with Crippen molar-refractivity contribution in [1.82, 2.24) is 8.75 Å². The normalized spacial score (nSPS) is 10.8. The molecular weight excluding hydrogens is 397 g/mol. The van der Waals surface area contributed by atoms with Crippen molar-refractivity contribution in [2.24, 2.45) is 0 Å². The summed E-state index contributed by atoms with van der Waals surface area (Å²) in [7, 11) is 0. The lowest BCUT2D eigenvalue weighted by Gasteiger charge is -2.08. The Morgan fingerprint density at radius 2 is 2.00 bits per heavy atom. The van der Waals surface area contributed by atoms with Gasteiger partial charge in [-0.3, -0.25) is 4.79 Å². The maximum Gasteiger partial charge on any atom is 0.255 e. The fraction of sp³-hybridized carbons (Fsp3) is 0. The minimum Gasteiger partial charge on any atom is -0.319 e. The Kier molecular flexibility index (Phi) is 4.12. The maximum atomic E-state index is 12.3. The van der Waals surface area contributed by atoms with Gasteiger partial charge in [0.2, 0.25) is 0 Å². The number of aromatic nitrogens is 2. The second-order valence-electron chi connectivity index (χ2n) is 4.17. The maximum absolute atomic E-state index is 12.3. The van der Waals surface area contributed by atoms with E-state index in [9.17, 15) is 4.79 Å². The van der Waals surface area contributed by atoms with Crippen molar-refractivity contribution in [3.63, 3.8) is 0 Å². The SMILES string of the molecule is O=C(Nc1c(Cl)ccc2nsnc12)c1cc(Cl)cc(Br)c1. The van der Waals surface area contributed by atoms with Crippen LogP contribution in [0.1, 0.15) is 10.4 Å². The van der Waals surface area contributed by atoms with Crippen LogP contribution in [-0.2, 0) is 0 Å². The van der Waals surface area contributed by atoms with Crippen molar-refractivity contribution >= 4 is 73.5 Å². The number of benzene rings is 2. The highest BCUT2D eigenvalue weighted by Crippen LogP contribution is 2.30. The third-order valence-electron chi connectivity index (χ3n) is 2.74. The highest BCUT2D eigenvalue weighted by Gasteiger charge is 2.15. The predicted octanol–water partition coefficient (Wildman–Crippen LogP) is 5.01. The summed E-state index contributed by atoms with van der Waals surface area (Å²) in [6.07, 6.45) is 0. The fourth-order valence-electron chi connectivity index (χ4n) is 1.82. The molecule has 3 rings (SSSR count). The van der Waals surface area contributed by atoms with Gasteiger partial charge in [0, 0.05) is 15.1 Å². The summed E-state index contributed by atoms with van der Waals surface area (Å²) in [6.45, 7) is 0. The molecule has 0 fully saturated rings. The van der Waals surface area contributed by atoms with Gasteiger partial charge >= 0.3 is 0 Å². The number of anilines is 1. The van der Waals surface area contributed by atoms with E-state index in [1.54, 1.807) is 30.3 Å². The zero-order valence-electron chi connectivity index (χ0n) is 10.2. The highest BCUT2D eigenvalue weighted by molar-refractivity contribution is 9.10. The van der Waals surface area contributed by atoms with Crippen molar-refractivity contribution in [3.8, 4) is 0 Å². The van der Waals surface area contributed by atoms with Crippen LogP contribution in [0.5, 0.6) is 0 Å². The van der Waals surface area contributed by atoms with Gasteiger partial charge in [0.25, 0.3) is 5.91 Å². The molecule has 106 valence electrons. The first-order valence-corrected chi connectivity index (χ1v) is 8.01. The zero-order valence-corrected chi connectivity index (χ0v) is 14.1. The molecule has 0 unspecified atom stereocenters. The van der Waals surface area contributed by atoms with Crippen LogP contribution in [0.15, 0.2) is 34.8 Å². The monoisotopic (exact) mass is 401 g/mol. The molecule has 0 saturated heterocycles. The van der Waals surface area contributed by atoms with Crippen LogP contribution in [0.2, 0.25) is 10.0 Å². The fourth-order valence-corrected chi connectivity index (χ4v) is 3.42. The molecule has 1 N–H and O–H groups in total. The number of carbonyl (C=O) groups is 1. The van der Waals surface area contributed by atoms with Crippen molar-refractivity contribution in [3.05, 3.63) is 50.4 Å². The molecule has 8 heteroatoms. The summed E-state index contributed by atoms with van der Waals surface area (Å²) >= 11 is 16.5. The van der Waals surface area contributed by atoms with E-state index in [0.29, 0.717) is 32.3 Å². The van der Waals surface area contributed by atoms with Gasteiger partial charge in [0.15, 0.2) is 0 Å². The second kappa shape index (κ2) is 5.88. The number of hydrogen-bond donors (Lipinski definition) is 1. The average molecular weight is 403 g/mol. The molecule has 2 aromatic carbocycles. The van der Waals surface area contributed by atoms with Crippen molar-refractivity contribution in [2.75, 3.05) is 5.32 Å². The van der Waals surface area contributed by atoms with Crippen LogP contribution in [0.3, 0.4) is 0 Å². The van der Waals surface area contributed by atoms with Crippen molar-refractivity contribution in [1.29, 1.82) is 0 Å². The number of fused-ring (bicyclic) bond motifs is 1. The number of halogens is 3. The van der Waals surface area contributed by atoms with Crippen LogP contribution >= 0.6 is 50.9 Å². The molecule has 21 heavy (non-hydrogen) atoms. The molecule has 0 spiro atoms. The molecule has 0 radical (unpaired) electrons. The van der Waals surface area contributed by atoms with Crippen molar-refractivity contribution in [2.45, 2.75) is 0 Å². The van der Waals surface area contributed by atoms with E-state index in [1.807, 2.05) is 0 Å². The number of nitrogens with one attached hydrogen (secondary N) is 1. The first kappa shape index (κ1) is 14.7. The highest BCUT2D eigenvalue weighted by atomic mass is 79.9. The lowest BCUT2D eigenvalue weighted by atomic mass is 10.2. The smallest absolute Gasteiger partial charge is 0.255 e. The zero-order chi connectivity index (χ0) is 15.0. The Morgan fingerprint density at radius 1 is 1.19 bits per heavy atom. The van der Waals surface area contributed by atoms with Gasteiger partial charge in [0.05, 0.1) is 22.4 Å². The van der Waals surface area contributed by atoms with Gasteiger partial charge in [0.1, 0.15) is 11.0 Å². The molecular formula is C13H6BrCl2N3OS. The van der Waals surface area contributed by atoms with Crippen LogP contribution < -0.4 is 5.32 Å². The molecule has 0 aliphatic rings. The molecule has 1 heterocycles. The van der Waals surface area contributed by atoms with Gasteiger partial charge in [-0.1, -0.05) is 39.1 Å². The van der Waals surface area contributed by atoms with E-state index in [-0.39, 0.29) is 5.91 Å². The van der Waals surface area contributed by atoms with Crippen LogP contribution in [-0.4, -0.2) is 14.7 Å². The molecule has 0 aliphatic carbocycles. The quantitative estimate of drug-likeness (QED) is 0.655. The van der Waals surface area contributed by atoms with Gasteiger partial charge in [-0.05, 0) is 30.3 Å². The first-order chi connectivity index (χ1) is 10.0. The number of amides is 1. The molecule has 1 amide bonds. The minimum atomic E-state index is -0.319. The average Bonchev–Trinajstić information content (AvgIpc) is 2.89. The third-order valence-corrected chi connectivity index (χ3v) is 4.27. The van der Waals surface area contributed by atoms with Crippen LogP contribution in [0.4, 0.5) is 5.69 Å². The van der Waals surface area contributed by atoms with Crippen LogP contribution in [0, 0.1) is 0 Å². The van der Waals surface area contributed by atoms with E-state index in [4.69, 9.17) is 23.2 Å². The predicted molar refractivity (Wildman–Crippen MR) is 89.5 cm³/mol. The molecule has 1 aromatic heterocycles. The van der Waals surface area contributed by atoms with E-state index in [1.165, 1.54) is 0 Å². The number of nitrogens with zero attached hydrogens (tertiary/aromatic N) is 2. The lowest BCUT2D eigenvalue weighted by Crippen LogP contribution is -2.12. The van der Waals surface area contributed by atoms with E-state index in [0.717, 1.165) is 16.2 Å². The third kappa shape index (κ3) is 3.03. The van der Waals surface area contributed by atoms with Crippen LogP contribution in [0.25, 0.3) is 11.0 Å². The topological polar surface area (TPSA) is 54.9 Å². The molecule has 0 aliphatic heterocycles. The Hall–Kier alpha value is -1.21. The lowest BCUT2D eigenvalue weighted by molar-refractivity contribution is 0.102. The standard InChI is InChI=1S/C13H6BrCl2N3OS/c14-7-3-6(4-8(15)5-7)13(20)17-11-9(16)1-2-10-12(11)19-21-18-10/h1-5H,(H,17,20). The van der Waals surface area contributed by atoms with E-state index < -0.39 is 0 Å². The number of hydrogen-bond acceptors (Lipinski definition) is 4. The van der Waals surface area contributed by atoms with E-state index in [2.05, 4.69) is 30.0 Å². The Labute approximate surface area is 142 Å². The number of rotatable bonds is 2. The Balaban J connectivity index is 2.00. The summed E-state index contributed by atoms with van der Waals surface area (Å²) in [6, 6.07) is 8.39. The summed E-state index contributed by atoms with van der Waals surface area (Å²) in [4.78, 5) is 12.3. The van der Waals surface area contributed by atoms with E-state index >= 15 is 0 Å². The molecule has 0 atom stereocenters. The number of carbonyl (C=O) groups excluding carboxylic acids is 1. The van der Waals surface area contributed by atoms with Crippen molar-refractivity contribution < 1.29 is 4.79 Å². The summed E-state index contributed by atoms with van der Waals surface area (Å²) in [5, 5.41) is 3.64. The summed E-state index contributed by atoms with van der Waals surface area (Å²) in [5.41, 5.74) is 2.13. The Morgan fingerprint density at radius 3 is 2.76 bits per heavy atom. The molecule has 3 aromatic rings.